The molecule has 2 rings (SSSR count). The quantitative estimate of drug-likeness (QED) is 0.553. The van der Waals surface area contributed by atoms with Crippen molar-refractivity contribution in [1.82, 2.24) is 0 Å². The van der Waals surface area contributed by atoms with Gasteiger partial charge in [0.15, 0.2) is 13.2 Å². The van der Waals surface area contributed by atoms with Crippen LogP contribution >= 0.6 is 22.6 Å². The molecule has 0 heterocycles. The van der Waals surface area contributed by atoms with Crippen LogP contribution in [0.2, 0.25) is 0 Å². The van der Waals surface area contributed by atoms with Crippen molar-refractivity contribution in [3.05, 3.63) is 57.2 Å². The van der Waals surface area contributed by atoms with E-state index in [-0.39, 0.29) is 13.2 Å². The maximum atomic E-state index is 11.8. The second-order valence-electron chi connectivity index (χ2n) is 5.22. The molecule has 0 atom stereocenters. The van der Waals surface area contributed by atoms with Gasteiger partial charge in [0.25, 0.3) is 5.91 Å². The van der Waals surface area contributed by atoms with E-state index >= 15 is 0 Å². The lowest BCUT2D eigenvalue weighted by Crippen LogP contribution is -2.24. The first-order chi connectivity index (χ1) is 11.5. The smallest absolute Gasteiger partial charge is 0.344 e. The second-order valence-corrected chi connectivity index (χ2v) is 6.39. The summed E-state index contributed by atoms with van der Waals surface area (Å²) in [5, 5.41) is 2.69. The summed E-state index contributed by atoms with van der Waals surface area (Å²) < 4.78 is 11.2. The molecule has 5 nitrogen and oxygen atoms in total. The molecule has 0 saturated carbocycles. The molecule has 0 aromatic heterocycles. The van der Waals surface area contributed by atoms with Gasteiger partial charge in [0.1, 0.15) is 5.75 Å². The molecule has 2 aromatic carbocycles. The molecule has 0 bridgehead atoms. The van der Waals surface area contributed by atoms with Crippen LogP contribution in [0.1, 0.15) is 11.1 Å². The molecule has 0 saturated heterocycles. The van der Waals surface area contributed by atoms with Gasteiger partial charge in [-0.3, -0.25) is 4.79 Å². The third kappa shape index (κ3) is 5.52. The van der Waals surface area contributed by atoms with Gasteiger partial charge in [-0.25, -0.2) is 4.79 Å². The van der Waals surface area contributed by atoms with Crippen molar-refractivity contribution in [1.29, 1.82) is 0 Å². The van der Waals surface area contributed by atoms with E-state index in [0.717, 1.165) is 14.7 Å². The van der Waals surface area contributed by atoms with Crippen LogP contribution in [0.4, 0.5) is 5.69 Å². The molecule has 126 valence electrons. The Labute approximate surface area is 154 Å². The third-order valence-electron chi connectivity index (χ3n) is 3.35. The van der Waals surface area contributed by atoms with E-state index in [2.05, 4.69) is 27.9 Å². The number of hydrogen-bond donors (Lipinski definition) is 1. The largest absolute Gasteiger partial charge is 0.482 e. The monoisotopic (exact) mass is 439 g/mol. The Morgan fingerprint density at radius 1 is 1.04 bits per heavy atom. The van der Waals surface area contributed by atoms with E-state index in [1.807, 2.05) is 44.2 Å². The van der Waals surface area contributed by atoms with Gasteiger partial charge in [-0.2, -0.15) is 0 Å². The second kappa shape index (κ2) is 8.68. The molecule has 0 spiro atoms. The fourth-order valence-electron chi connectivity index (χ4n) is 1.88. The fraction of sp³-hybridized carbons (Fsp3) is 0.222. The number of rotatable bonds is 6. The number of carbonyl (C=O) groups is 2. The highest BCUT2D eigenvalue weighted by Crippen LogP contribution is 2.17. The molecule has 2 aromatic rings. The predicted octanol–water partition coefficient (Wildman–Crippen LogP) is 3.47. The first-order valence-corrected chi connectivity index (χ1v) is 8.43. The number of anilines is 1. The summed E-state index contributed by atoms with van der Waals surface area (Å²) in [5.74, 6) is -0.386. The zero-order chi connectivity index (χ0) is 17.5. The number of halogens is 1. The molecule has 0 aliphatic carbocycles. The van der Waals surface area contributed by atoms with Crippen molar-refractivity contribution in [2.75, 3.05) is 18.5 Å². The Bertz CT molecular complexity index is 746. The summed E-state index contributed by atoms with van der Waals surface area (Å²) in [7, 11) is 0. The minimum absolute atomic E-state index is 0.237. The lowest BCUT2D eigenvalue weighted by molar-refractivity contribution is -0.149. The van der Waals surface area contributed by atoms with Crippen molar-refractivity contribution in [2.24, 2.45) is 0 Å². The molecule has 0 aliphatic heterocycles. The van der Waals surface area contributed by atoms with Crippen LogP contribution in [-0.4, -0.2) is 25.1 Å². The van der Waals surface area contributed by atoms with E-state index < -0.39 is 11.9 Å². The Morgan fingerprint density at radius 2 is 1.79 bits per heavy atom. The molecule has 1 N–H and O–H groups in total. The number of nitrogens with one attached hydrogen (secondary N) is 1. The summed E-state index contributed by atoms with van der Waals surface area (Å²) in [4.78, 5) is 23.5. The van der Waals surface area contributed by atoms with E-state index in [1.54, 1.807) is 12.1 Å². The van der Waals surface area contributed by atoms with Crippen LogP contribution in [0.25, 0.3) is 0 Å². The van der Waals surface area contributed by atoms with E-state index in [1.165, 1.54) is 0 Å². The molecular formula is C18H18INO4. The van der Waals surface area contributed by atoms with Crippen molar-refractivity contribution in [3.8, 4) is 5.75 Å². The highest BCUT2D eigenvalue weighted by atomic mass is 127. The summed E-state index contributed by atoms with van der Waals surface area (Å²) >= 11 is 2.12. The van der Waals surface area contributed by atoms with Gasteiger partial charge >= 0.3 is 5.97 Å². The number of amides is 1. The van der Waals surface area contributed by atoms with Crippen LogP contribution in [0.5, 0.6) is 5.75 Å². The van der Waals surface area contributed by atoms with Crippen LogP contribution in [-0.2, 0) is 14.3 Å². The number of benzene rings is 2. The summed E-state index contributed by atoms with van der Waals surface area (Å²) in [5.41, 5.74) is 2.92. The number of aryl methyl sites for hydroxylation is 2. The average Bonchev–Trinajstić information content (AvgIpc) is 2.56. The van der Waals surface area contributed by atoms with Crippen molar-refractivity contribution in [2.45, 2.75) is 13.8 Å². The molecule has 1 amide bonds. The van der Waals surface area contributed by atoms with Gasteiger partial charge in [0.2, 0.25) is 0 Å². The van der Waals surface area contributed by atoms with Crippen molar-refractivity contribution < 1.29 is 19.1 Å². The summed E-state index contributed by atoms with van der Waals surface area (Å²) in [6.45, 7) is 3.38. The average molecular weight is 439 g/mol. The first kappa shape index (κ1) is 18.3. The Hall–Kier alpha value is -2.09. The van der Waals surface area contributed by atoms with Gasteiger partial charge in [-0.15, -0.1) is 0 Å². The maximum Gasteiger partial charge on any atom is 0.344 e. The van der Waals surface area contributed by atoms with Gasteiger partial charge in [-0.05, 0) is 71.8 Å². The number of para-hydroxylation sites is 1. The summed E-state index contributed by atoms with van der Waals surface area (Å²) in [6.07, 6.45) is 0. The highest BCUT2D eigenvalue weighted by Gasteiger charge is 2.10. The Morgan fingerprint density at radius 3 is 2.50 bits per heavy atom. The van der Waals surface area contributed by atoms with Crippen LogP contribution in [0.15, 0.2) is 42.5 Å². The predicted molar refractivity (Wildman–Crippen MR) is 100 cm³/mol. The minimum Gasteiger partial charge on any atom is -0.482 e. The van der Waals surface area contributed by atoms with Gasteiger partial charge in [0, 0.05) is 3.57 Å². The van der Waals surface area contributed by atoms with Crippen molar-refractivity contribution >= 4 is 40.2 Å². The Balaban J connectivity index is 1.75. The molecule has 0 aliphatic rings. The minimum atomic E-state index is -0.592. The topological polar surface area (TPSA) is 64.6 Å². The van der Waals surface area contributed by atoms with Crippen molar-refractivity contribution in [3.63, 3.8) is 0 Å². The molecule has 0 fully saturated rings. The number of hydrogen-bond acceptors (Lipinski definition) is 4. The van der Waals surface area contributed by atoms with Gasteiger partial charge in [-0.1, -0.05) is 18.2 Å². The molecule has 24 heavy (non-hydrogen) atoms. The standard InChI is InChI=1S/C18H18INO4/c1-12-7-8-14(9-13(12)2)23-11-18(22)24-10-17(21)20-16-6-4-3-5-15(16)19/h3-9H,10-11H2,1-2H3,(H,20,21). The van der Waals surface area contributed by atoms with Crippen LogP contribution in [0, 0.1) is 17.4 Å². The first-order valence-electron chi connectivity index (χ1n) is 7.36. The molecule has 6 heteroatoms. The lowest BCUT2D eigenvalue weighted by Gasteiger charge is -2.09. The lowest BCUT2D eigenvalue weighted by atomic mass is 10.1. The van der Waals surface area contributed by atoms with Crippen LogP contribution < -0.4 is 10.1 Å². The number of esters is 1. The molecule has 0 radical (unpaired) electrons. The SMILES string of the molecule is Cc1ccc(OCC(=O)OCC(=O)Nc2ccccc2I)cc1C. The zero-order valence-electron chi connectivity index (χ0n) is 13.5. The fourth-order valence-corrected chi connectivity index (χ4v) is 2.40. The molecular weight excluding hydrogens is 421 g/mol. The van der Waals surface area contributed by atoms with Crippen LogP contribution in [0.3, 0.4) is 0 Å². The highest BCUT2D eigenvalue weighted by molar-refractivity contribution is 14.1. The van der Waals surface area contributed by atoms with Gasteiger partial charge < -0.3 is 14.8 Å². The van der Waals surface area contributed by atoms with E-state index in [4.69, 9.17) is 9.47 Å². The zero-order valence-corrected chi connectivity index (χ0v) is 15.6. The van der Waals surface area contributed by atoms with E-state index in [9.17, 15) is 9.59 Å². The Kier molecular flexibility index (Phi) is 6.60. The maximum absolute atomic E-state index is 11.8. The molecule has 0 unspecified atom stereocenters. The third-order valence-corrected chi connectivity index (χ3v) is 4.29. The van der Waals surface area contributed by atoms with Gasteiger partial charge in [0.05, 0.1) is 5.69 Å². The normalized spacial score (nSPS) is 10.1. The number of carbonyl (C=O) groups excluding carboxylic acids is 2. The summed E-state index contributed by atoms with van der Waals surface area (Å²) in [6, 6.07) is 12.9. The number of ether oxygens (including phenoxy) is 2. The van der Waals surface area contributed by atoms with E-state index in [0.29, 0.717) is 11.4 Å².